The van der Waals surface area contributed by atoms with Crippen molar-refractivity contribution in [1.82, 2.24) is 16.0 Å². The van der Waals surface area contributed by atoms with Gasteiger partial charge in [-0.2, -0.15) is 0 Å². The molecule has 1 aromatic rings. The van der Waals surface area contributed by atoms with E-state index in [-0.39, 0.29) is 35.3 Å². The highest BCUT2D eigenvalue weighted by molar-refractivity contribution is 8.00. The normalized spacial score (nSPS) is 20.0. The fraction of sp³-hybridized carbons (Fsp3) is 0.500. The third kappa shape index (κ3) is 5.96. The van der Waals surface area contributed by atoms with Gasteiger partial charge in [-0.05, 0) is 38.1 Å². The Morgan fingerprint density at radius 3 is 2.79 bits per heavy atom. The maximum atomic E-state index is 13.7. The molecular weight excluding hydrogens is 353 g/mol. The van der Waals surface area contributed by atoms with Crippen LogP contribution in [0.5, 0.6) is 0 Å². The number of amides is 2. The van der Waals surface area contributed by atoms with Crippen LogP contribution < -0.4 is 16.0 Å². The van der Waals surface area contributed by atoms with Crippen molar-refractivity contribution in [3.8, 4) is 0 Å². The maximum Gasteiger partial charge on any atom is 0.243 e. The van der Waals surface area contributed by atoms with Gasteiger partial charge < -0.3 is 16.0 Å². The van der Waals surface area contributed by atoms with Gasteiger partial charge in [-0.1, -0.05) is 18.2 Å². The molecule has 8 heteroatoms. The van der Waals surface area contributed by atoms with Crippen molar-refractivity contribution < 1.29 is 14.0 Å². The zero-order chi connectivity index (χ0) is 16.7. The number of thioether (sulfide) groups is 1. The van der Waals surface area contributed by atoms with Crippen LogP contribution in [0.15, 0.2) is 24.3 Å². The molecule has 0 aromatic heterocycles. The van der Waals surface area contributed by atoms with Gasteiger partial charge in [0.2, 0.25) is 11.8 Å². The molecule has 134 valence electrons. The Labute approximate surface area is 151 Å². The van der Waals surface area contributed by atoms with E-state index < -0.39 is 6.04 Å². The first kappa shape index (κ1) is 20.7. The first-order valence-electron chi connectivity index (χ1n) is 7.69. The van der Waals surface area contributed by atoms with E-state index >= 15 is 0 Å². The summed E-state index contributed by atoms with van der Waals surface area (Å²) in [6.45, 7) is 1.41. The van der Waals surface area contributed by atoms with Crippen LogP contribution in [0.2, 0.25) is 0 Å². The lowest BCUT2D eigenvalue weighted by Crippen LogP contribution is -2.54. The van der Waals surface area contributed by atoms with Crippen molar-refractivity contribution >= 4 is 36.0 Å². The number of carbonyl (C=O) groups is 2. The SMILES string of the molecule is CNCCCNC(=O)C1CSC(Cc2ccccc2F)C(=O)N1.Cl. The van der Waals surface area contributed by atoms with Crippen LogP contribution >= 0.6 is 24.2 Å². The lowest BCUT2D eigenvalue weighted by molar-refractivity contribution is -0.128. The molecule has 3 N–H and O–H groups in total. The minimum absolute atomic E-state index is 0. The summed E-state index contributed by atoms with van der Waals surface area (Å²) < 4.78 is 13.7. The quantitative estimate of drug-likeness (QED) is 0.624. The second-order valence-electron chi connectivity index (χ2n) is 5.43. The fourth-order valence-corrected chi connectivity index (χ4v) is 3.53. The molecule has 2 amide bonds. The molecule has 0 saturated carbocycles. The molecule has 0 radical (unpaired) electrons. The number of carbonyl (C=O) groups excluding carboxylic acids is 2. The summed E-state index contributed by atoms with van der Waals surface area (Å²) in [5.74, 6) is -0.167. The van der Waals surface area contributed by atoms with E-state index in [1.54, 1.807) is 18.2 Å². The Bertz CT molecular complexity index is 562. The minimum Gasteiger partial charge on any atom is -0.354 e. The molecule has 0 spiro atoms. The largest absolute Gasteiger partial charge is 0.354 e. The summed E-state index contributed by atoms with van der Waals surface area (Å²) in [7, 11) is 1.86. The summed E-state index contributed by atoms with van der Waals surface area (Å²) >= 11 is 1.40. The van der Waals surface area contributed by atoms with E-state index in [0.717, 1.165) is 13.0 Å². The second kappa shape index (κ2) is 10.5. The second-order valence-corrected chi connectivity index (χ2v) is 6.66. The van der Waals surface area contributed by atoms with E-state index in [0.29, 0.717) is 24.3 Å². The standard InChI is InChI=1S/C16H22FN3O2S.ClH/c1-18-7-4-8-19-15(21)13-10-23-14(16(22)20-13)9-11-5-2-3-6-12(11)17;/h2-3,5-6,13-14,18H,4,7-10H2,1H3,(H,19,21)(H,20,22);1H. The molecule has 2 atom stereocenters. The van der Waals surface area contributed by atoms with Gasteiger partial charge in [-0.15, -0.1) is 24.2 Å². The van der Waals surface area contributed by atoms with Crippen molar-refractivity contribution in [1.29, 1.82) is 0 Å². The van der Waals surface area contributed by atoms with Gasteiger partial charge in [-0.25, -0.2) is 4.39 Å². The lowest BCUT2D eigenvalue weighted by atomic mass is 10.1. The van der Waals surface area contributed by atoms with Gasteiger partial charge in [0.05, 0.1) is 5.25 Å². The number of benzene rings is 1. The van der Waals surface area contributed by atoms with E-state index in [1.807, 2.05) is 7.05 Å². The van der Waals surface area contributed by atoms with Crippen LogP contribution in [0.1, 0.15) is 12.0 Å². The number of rotatable bonds is 7. The zero-order valence-electron chi connectivity index (χ0n) is 13.5. The van der Waals surface area contributed by atoms with E-state index in [4.69, 9.17) is 0 Å². The van der Waals surface area contributed by atoms with Crippen LogP contribution in [-0.4, -0.2) is 49.0 Å². The van der Waals surface area contributed by atoms with Crippen molar-refractivity contribution in [2.45, 2.75) is 24.1 Å². The van der Waals surface area contributed by atoms with E-state index in [1.165, 1.54) is 17.8 Å². The first-order valence-corrected chi connectivity index (χ1v) is 8.74. The Morgan fingerprint density at radius 1 is 1.38 bits per heavy atom. The highest BCUT2D eigenvalue weighted by Gasteiger charge is 2.32. The number of nitrogens with one attached hydrogen (secondary N) is 3. The molecule has 0 bridgehead atoms. The van der Waals surface area contributed by atoms with Gasteiger partial charge in [0.25, 0.3) is 0 Å². The van der Waals surface area contributed by atoms with Crippen molar-refractivity contribution in [2.24, 2.45) is 0 Å². The molecular formula is C16H23ClFN3O2S. The summed E-state index contributed by atoms with van der Waals surface area (Å²) in [5.41, 5.74) is 0.523. The monoisotopic (exact) mass is 375 g/mol. The Hall–Kier alpha value is -1.31. The molecule has 1 aromatic carbocycles. The maximum absolute atomic E-state index is 13.7. The van der Waals surface area contributed by atoms with Gasteiger partial charge in [0.15, 0.2) is 0 Å². The Balaban J connectivity index is 0.00000288. The van der Waals surface area contributed by atoms with Crippen LogP contribution in [-0.2, 0) is 16.0 Å². The van der Waals surface area contributed by atoms with Crippen molar-refractivity contribution in [3.63, 3.8) is 0 Å². The van der Waals surface area contributed by atoms with Crippen LogP contribution in [0.25, 0.3) is 0 Å². The van der Waals surface area contributed by atoms with Gasteiger partial charge >= 0.3 is 0 Å². The smallest absolute Gasteiger partial charge is 0.243 e. The molecule has 1 aliphatic heterocycles. The topological polar surface area (TPSA) is 70.2 Å². The molecule has 1 fully saturated rings. The predicted octanol–water partition coefficient (Wildman–Crippen LogP) is 1.12. The average molecular weight is 376 g/mol. The van der Waals surface area contributed by atoms with Crippen LogP contribution in [0.4, 0.5) is 4.39 Å². The molecule has 1 saturated heterocycles. The molecule has 2 unspecified atom stereocenters. The van der Waals surface area contributed by atoms with Crippen molar-refractivity contribution in [2.75, 3.05) is 25.9 Å². The molecule has 24 heavy (non-hydrogen) atoms. The Kier molecular flexibility index (Phi) is 9.10. The average Bonchev–Trinajstić information content (AvgIpc) is 2.55. The molecule has 1 aliphatic rings. The Morgan fingerprint density at radius 2 is 2.12 bits per heavy atom. The molecule has 5 nitrogen and oxygen atoms in total. The van der Waals surface area contributed by atoms with Crippen molar-refractivity contribution in [3.05, 3.63) is 35.6 Å². The fourth-order valence-electron chi connectivity index (χ4n) is 2.35. The minimum atomic E-state index is -0.515. The molecule has 1 heterocycles. The number of halogens is 2. The van der Waals surface area contributed by atoms with Gasteiger partial charge in [0.1, 0.15) is 11.9 Å². The summed E-state index contributed by atoms with van der Waals surface area (Å²) in [5, 5.41) is 8.20. The van der Waals surface area contributed by atoms with Crippen LogP contribution in [0, 0.1) is 5.82 Å². The third-order valence-electron chi connectivity index (χ3n) is 3.66. The first-order chi connectivity index (χ1) is 11.1. The lowest BCUT2D eigenvalue weighted by Gasteiger charge is -2.28. The highest BCUT2D eigenvalue weighted by Crippen LogP contribution is 2.23. The number of hydrogen-bond donors (Lipinski definition) is 3. The van der Waals surface area contributed by atoms with E-state index in [9.17, 15) is 14.0 Å². The predicted molar refractivity (Wildman–Crippen MR) is 97.1 cm³/mol. The number of hydrogen-bond acceptors (Lipinski definition) is 4. The molecule has 0 aliphatic carbocycles. The summed E-state index contributed by atoms with van der Waals surface area (Å²) in [6.07, 6.45) is 1.17. The van der Waals surface area contributed by atoms with Gasteiger partial charge in [-0.3, -0.25) is 9.59 Å². The van der Waals surface area contributed by atoms with E-state index in [2.05, 4.69) is 16.0 Å². The highest BCUT2D eigenvalue weighted by atomic mass is 35.5. The van der Waals surface area contributed by atoms with Crippen LogP contribution in [0.3, 0.4) is 0 Å². The summed E-state index contributed by atoms with van der Waals surface area (Å²) in [4.78, 5) is 24.2. The third-order valence-corrected chi connectivity index (χ3v) is 4.96. The van der Waals surface area contributed by atoms with Gasteiger partial charge in [0, 0.05) is 12.3 Å². The summed E-state index contributed by atoms with van der Waals surface area (Å²) in [6, 6.07) is 5.94. The zero-order valence-corrected chi connectivity index (χ0v) is 15.1. The molecule has 2 rings (SSSR count).